The highest BCUT2D eigenvalue weighted by Gasteiger charge is 2.25. The van der Waals surface area contributed by atoms with E-state index in [-0.39, 0.29) is 12.6 Å². The molecule has 1 aliphatic heterocycles. The maximum absolute atomic E-state index is 12.3. The Bertz CT molecular complexity index is 745. The van der Waals surface area contributed by atoms with E-state index in [1.165, 1.54) is 11.3 Å². The van der Waals surface area contributed by atoms with Gasteiger partial charge in [-0.2, -0.15) is 0 Å². The van der Waals surface area contributed by atoms with Crippen LogP contribution in [0.3, 0.4) is 0 Å². The van der Waals surface area contributed by atoms with Crippen molar-refractivity contribution in [2.24, 2.45) is 0 Å². The lowest BCUT2D eigenvalue weighted by molar-refractivity contribution is 0.236. The lowest BCUT2D eigenvalue weighted by Crippen LogP contribution is -2.34. The Kier molecular flexibility index (Phi) is 4.09. The van der Waals surface area contributed by atoms with E-state index in [0.717, 1.165) is 26.4 Å². The third-order valence-corrected chi connectivity index (χ3v) is 6.58. The van der Waals surface area contributed by atoms with Gasteiger partial charge in [-0.1, -0.05) is 18.2 Å². The van der Waals surface area contributed by atoms with Crippen molar-refractivity contribution in [2.75, 3.05) is 6.54 Å². The summed E-state index contributed by atoms with van der Waals surface area (Å²) < 4.78 is 33.8. The minimum atomic E-state index is -3.49. The van der Waals surface area contributed by atoms with Crippen LogP contribution in [0, 0.1) is 6.92 Å². The van der Waals surface area contributed by atoms with E-state index in [0.29, 0.717) is 4.90 Å². The number of hydrogen-bond donors (Lipinski definition) is 1. The normalized spacial score (nSPS) is 17.5. The van der Waals surface area contributed by atoms with Crippen LogP contribution < -0.4 is 9.46 Å². The van der Waals surface area contributed by atoms with Crippen LogP contribution >= 0.6 is 27.3 Å². The van der Waals surface area contributed by atoms with Gasteiger partial charge in [-0.05, 0) is 40.5 Å². The van der Waals surface area contributed by atoms with Gasteiger partial charge in [-0.25, -0.2) is 13.1 Å². The maximum atomic E-state index is 12.3. The van der Waals surface area contributed by atoms with Gasteiger partial charge in [-0.3, -0.25) is 0 Å². The summed E-state index contributed by atoms with van der Waals surface area (Å²) in [5.74, 6) is 0.844. The van der Waals surface area contributed by atoms with Crippen molar-refractivity contribution in [1.29, 1.82) is 0 Å². The second kappa shape index (κ2) is 5.72. The molecular formula is C14H14BrNO3S2. The molecule has 4 nitrogen and oxygen atoms in total. The Hall–Kier alpha value is -0.890. The summed E-state index contributed by atoms with van der Waals surface area (Å²) in [6.07, 6.45) is 0.574. The third-order valence-electron chi connectivity index (χ3n) is 3.35. The number of rotatable bonds is 4. The number of nitrogens with one attached hydrogen (secondary N) is 1. The van der Waals surface area contributed by atoms with Crippen LogP contribution in [-0.4, -0.2) is 21.1 Å². The summed E-state index contributed by atoms with van der Waals surface area (Å²) in [6, 6.07) is 9.42. The van der Waals surface area contributed by atoms with Gasteiger partial charge >= 0.3 is 0 Å². The van der Waals surface area contributed by atoms with E-state index in [2.05, 4.69) is 20.7 Å². The number of fused-ring (bicyclic) bond motifs is 1. The molecule has 0 fully saturated rings. The minimum Gasteiger partial charge on any atom is -0.488 e. The van der Waals surface area contributed by atoms with Crippen molar-refractivity contribution >= 4 is 37.3 Å². The molecule has 0 bridgehead atoms. The van der Waals surface area contributed by atoms with E-state index in [1.807, 2.05) is 24.3 Å². The number of ether oxygens (including phenoxy) is 1. The summed E-state index contributed by atoms with van der Waals surface area (Å²) >= 11 is 4.72. The summed E-state index contributed by atoms with van der Waals surface area (Å²) in [5.41, 5.74) is 1.12. The molecule has 1 N–H and O–H groups in total. The SMILES string of the molecule is Cc1sc(Br)cc1S(=O)(=O)NCC1Cc2ccccc2O1. The van der Waals surface area contributed by atoms with Crippen LogP contribution in [0.4, 0.5) is 0 Å². The molecule has 0 saturated heterocycles. The van der Waals surface area contributed by atoms with Crippen molar-refractivity contribution in [3.8, 4) is 5.75 Å². The van der Waals surface area contributed by atoms with Crippen molar-refractivity contribution in [1.82, 2.24) is 4.72 Å². The van der Waals surface area contributed by atoms with E-state index in [9.17, 15) is 8.42 Å². The lowest BCUT2D eigenvalue weighted by Gasteiger charge is -2.12. The molecule has 2 aromatic rings. The van der Waals surface area contributed by atoms with E-state index in [4.69, 9.17) is 4.74 Å². The van der Waals surface area contributed by atoms with Gasteiger partial charge in [0.25, 0.3) is 0 Å². The number of thiophene rings is 1. The average Bonchev–Trinajstić information content (AvgIpc) is 2.99. The van der Waals surface area contributed by atoms with Crippen LogP contribution in [0.1, 0.15) is 10.4 Å². The van der Waals surface area contributed by atoms with Crippen molar-refractivity contribution in [3.63, 3.8) is 0 Å². The van der Waals surface area contributed by atoms with E-state index in [1.54, 1.807) is 13.0 Å². The Morgan fingerprint density at radius 3 is 2.86 bits per heavy atom. The van der Waals surface area contributed by atoms with Crippen molar-refractivity contribution in [2.45, 2.75) is 24.3 Å². The molecule has 1 aromatic heterocycles. The standard InChI is InChI=1S/C14H14BrNO3S2/c1-9-13(7-14(15)20-9)21(17,18)16-8-11-6-10-4-2-3-5-12(10)19-11/h2-5,7,11,16H,6,8H2,1H3. The van der Waals surface area contributed by atoms with Gasteiger partial charge in [0, 0.05) is 17.8 Å². The van der Waals surface area contributed by atoms with Gasteiger partial charge < -0.3 is 4.74 Å². The van der Waals surface area contributed by atoms with Gasteiger partial charge in [0.2, 0.25) is 10.0 Å². The number of halogens is 1. The number of benzene rings is 1. The molecule has 1 atom stereocenters. The molecule has 2 heterocycles. The third kappa shape index (κ3) is 3.15. The first-order valence-electron chi connectivity index (χ1n) is 6.46. The zero-order valence-corrected chi connectivity index (χ0v) is 14.5. The Labute approximate surface area is 136 Å². The first kappa shape index (κ1) is 15.0. The highest BCUT2D eigenvalue weighted by atomic mass is 79.9. The average molecular weight is 388 g/mol. The molecule has 0 saturated carbocycles. The molecule has 112 valence electrons. The molecule has 1 aromatic carbocycles. The van der Waals surface area contributed by atoms with Gasteiger partial charge in [0.05, 0.1) is 8.68 Å². The first-order chi connectivity index (χ1) is 9.95. The number of hydrogen-bond acceptors (Lipinski definition) is 4. The van der Waals surface area contributed by atoms with E-state index >= 15 is 0 Å². The predicted molar refractivity (Wildman–Crippen MR) is 86.5 cm³/mol. The Morgan fingerprint density at radius 1 is 1.43 bits per heavy atom. The molecule has 0 amide bonds. The van der Waals surface area contributed by atoms with Crippen LogP contribution in [0.25, 0.3) is 0 Å². The predicted octanol–water partition coefficient (Wildman–Crippen LogP) is 3.10. The quantitative estimate of drug-likeness (QED) is 0.876. The summed E-state index contributed by atoms with van der Waals surface area (Å²) in [7, 11) is -3.49. The number of aryl methyl sites for hydroxylation is 1. The van der Waals surface area contributed by atoms with Gasteiger partial charge in [0.15, 0.2) is 0 Å². The van der Waals surface area contributed by atoms with Crippen LogP contribution in [-0.2, 0) is 16.4 Å². The Balaban J connectivity index is 1.68. The van der Waals surface area contributed by atoms with Gasteiger partial charge in [-0.15, -0.1) is 11.3 Å². The lowest BCUT2D eigenvalue weighted by atomic mass is 10.1. The highest BCUT2D eigenvalue weighted by Crippen LogP contribution is 2.30. The molecule has 0 radical (unpaired) electrons. The summed E-state index contributed by atoms with van der Waals surface area (Å²) in [5, 5.41) is 0. The molecule has 7 heteroatoms. The molecular weight excluding hydrogens is 374 g/mol. The van der Waals surface area contributed by atoms with Crippen LogP contribution in [0.2, 0.25) is 0 Å². The van der Waals surface area contributed by atoms with E-state index < -0.39 is 10.0 Å². The molecule has 0 spiro atoms. The van der Waals surface area contributed by atoms with Gasteiger partial charge in [0.1, 0.15) is 11.9 Å². The minimum absolute atomic E-state index is 0.153. The Morgan fingerprint density at radius 2 is 2.19 bits per heavy atom. The number of para-hydroxylation sites is 1. The maximum Gasteiger partial charge on any atom is 0.241 e. The summed E-state index contributed by atoms with van der Waals surface area (Å²) in [4.78, 5) is 1.10. The zero-order chi connectivity index (χ0) is 15.0. The monoisotopic (exact) mass is 387 g/mol. The second-order valence-electron chi connectivity index (χ2n) is 4.87. The molecule has 1 aliphatic rings. The largest absolute Gasteiger partial charge is 0.488 e. The molecule has 3 rings (SSSR count). The topological polar surface area (TPSA) is 55.4 Å². The first-order valence-corrected chi connectivity index (χ1v) is 9.55. The summed E-state index contributed by atoms with van der Waals surface area (Å²) in [6.45, 7) is 2.07. The fourth-order valence-corrected chi connectivity index (χ4v) is 5.82. The fourth-order valence-electron chi connectivity index (χ4n) is 2.35. The smallest absolute Gasteiger partial charge is 0.241 e. The number of sulfonamides is 1. The second-order valence-corrected chi connectivity index (χ2v) is 9.25. The van der Waals surface area contributed by atoms with Crippen molar-refractivity contribution in [3.05, 3.63) is 44.6 Å². The molecule has 1 unspecified atom stereocenters. The molecule has 21 heavy (non-hydrogen) atoms. The van der Waals surface area contributed by atoms with Crippen molar-refractivity contribution < 1.29 is 13.2 Å². The zero-order valence-electron chi connectivity index (χ0n) is 11.3. The fraction of sp³-hybridized carbons (Fsp3) is 0.286. The van der Waals surface area contributed by atoms with Crippen LogP contribution in [0.15, 0.2) is 39.0 Å². The highest BCUT2D eigenvalue weighted by molar-refractivity contribution is 9.11. The molecule has 0 aliphatic carbocycles. The van der Waals surface area contributed by atoms with Crippen LogP contribution in [0.5, 0.6) is 5.75 Å².